The van der Waals surface area contributed by atoms with Crippen molar-refractivity contribution in [3.63, 3.8) is 0 Å². The summed E-state index contributed by atoms with van der Waals surface area (Å²) in [5, 5.41) is 1.89. The fourth-order valence-electron chi connectivity index (χ4n) is 1.14. The molecule has 2 N–H and O–H groups in total. The second kappa shape index (κ2) is 3.05. The summed E-state index contributed by atoms with van der Waals surface area (Å²) in [5.41, 5.74) is 6.86. The Morgan fingerprint density at radius 1 is 1.15 bits per heavy atom. The van der Waals surface area contributed by atoms with Gasteiger partial charge in [0, 0.05) is 10.4 Å². The fraction of sp³-hybridized carbons (Fsp3) is 0. The van der Waals surface area contributed by atoms with Crippen LogP contribution in [0.1, 0.15) is 0 Å². The lowest BCUT2D eigenvalue weighted by Crippen LogP contribution is -1.89. The van der Waals surface area contributed by atoms with Gasteiger partial charge in [-0.05, 0) is 24.3 Å². The van der Waals surface area contributed by atoms with E-state index in [1.54, 1.807) is 18.2 Å². The highest BCUT2D eigenvalue weighted by molar-refractivity contribution is 6.33. The van der Waals surface area contributed by atoms with Gasteiger partial charge in [0.15, 0.2) is 5.15 Å². The van der Waals surface area contributed by atoms with Crippen LogP contribution in [-0.4, -0.2) is 4.98 Å². The Morgan fingerprint density at radius 2 is 1.92 bits per heavy atom. The summed E-state index contributed by atoms with van der Waals surface area (Å²) in [6.07, 6.45) is 0. The van der Waals surface area contributed by atoms with Crippen LogP contribution in [0.4, 0.5) is 5.69 Å². The highest BCUT2D eigenvalue weighted by atomic mass is 35.5. The minimum Gasteiger partial charge on any atom is -0.396 e. The van der Waals surface area contributed by atoms with Crippen LogP contribution >= 0.6 is 23.2 Å². The maximum Gasteiger partial charge on any atom is 0.152 e. The second-order valence-corrected chi connectivity index (χ2v) is 3.50. The molecule has 0 saturated carbocycles. The molecule has 0 bridgehead atoms. The summed E-state index contributed by atoms with van der Waals surface area (Å²) in [6.45, 7) is 0. The van der Waals surface area contributed by atoms with Gasteiger partial charge in [-0.15, -0.1) is 0 Å². The van der Waals surface area contributed by atoms with E-state index in [4.69, 9.17) is 28.9 Å². The molecule has 0 saturated heterocycles. The molecule has 1 aromatic carbocycles. The minimum atomic E-state index is 0.329. The summed E-state index contributed by atoms with van der Waals surface area (Å²) in [4.78, 5) is 4.10. The topological polar surface area (TPSA) is 38.9 Å². The summed E-state index contributed by atoms with van der Waals surface area (Å²) in [5.74, 6) is 0. The Morgan fingerprint density at radius 3 is 2.69 bits per heavy atom. The zero-order chi connectivity index (χ0) is 9.42. The number of hydrogen-bond donors (Lipinski definition) is 1. The van der Waals surface area contributed by atoms with Gasteiger partial charge in [-0.3, -0.25) is 0 Å². The molecular weight excluding hydrogens is 207 g/mol. The van der Waals surface area contributed by atoms with Crippen LogP contribution < -0.4 is 5.73 Å². The fourth-order valence-corrected chi connectivity index (χ4v) is 1.47. The number of fused-ring (bicyclic) bond motifs is 1. The highest BCUT2D eigenvalue weighted by Gasteiger charge is 2.01. The lowest BCUT2D eigenvalue weighted by atomic mass is 10.2. The first kappa shape index (κ1) is 8.60. The molecule has 2 nitrogen and oxygen atoms in total. The van der Waals surface area contributed by atoms with E-state index in [0.717, 1.165) is 10.9 Å². The van der Waals surface area contributed by atoms with Crippen molar-refractivity contribution in [2.24, 2.45) is 0 Å². The van der Waals surface area contributed by atoms with E-state index in [1.165, 1.54) is 0 Å². The van der Waals surface area contributed by atoms with Gasteiger partial charge in [-0.2, -0.15) is 0 Å². The maximum absolute atomic E-state index is 5.81. The third-order valence-corrected chi connectivity index (χ3v) is 2.30. The van der Waals surface area contributed by atoms with E-state index in [0.29, 0.717) is 15.9 Å². The van der Waals surface area contributed by atoms with Crippen molar-refractivity contribution in [1.82, 2.24) is 4.98 Å². The Kier molecular flexibility index (Phi) is 2.02. The lowest BCUT2D eigenvalue weighted by Gasteiger charge is -2.01. The molecule has 2 rings (SSSR count). The van der Waals surface area contributed by atoms with Crippen LogP contribution in [-0.2, 0) is 0 Å². The SMILES string of the molecule is Nc1cc2cc(Cl)ccc2nc1Cl. The van der Waals surface area contributed by atoms with Gasteiger partial charge in [0.05, 0.1) is 11.2 Å². The number of rotatable bonds is 0. The van der Waals surface area contributed by atoms with Crippen molar-refractivity contribution in [1.29, 1.82) is 0 Å². The van der Waals surface area contributed by atoms with Gasteiger partial charge in [0.1, 0.15) is 0 Å². The molecule has 0 spiro atoms. The number of benzene rings is 1. The van der Waals surface area contributed by atoms with E-state index in [9.17, 15) is 0 Å². The standard InChI is InChI=1S/C9H6Cl2N2/c10-6-1-2-8-5(3-6)4-7(12)9(11)13-8/h1-4H,12H2. The number of hydrogen-bond acceptors (Lipinski definition) is 2. The monoisotopic (exact) mass is 212 g/mol. The normalized spacial score (nSPS) is 10.6. The van der Waals surface area contributed by atoms with E-state index in [1.807, 2.05) is 6.07 Å². The van der Waals surface area contributed by atoms with Gasteiger partial charge < -0.3 is 5.73 Å². The Labute approximate surface area is 85.3 Å². The molecule has 4 heteroatoms. The molecule has 0 aliphatic carbocycles. The molecule has 0 aliphatic heterocycles. The minimum absolute atomic E-state index is 0.329. The first-order valence-corrected chi connectivity index (χ1v) is 4.44. The number of aromatic nitrogens is 1. The van der Waals surface area contributed by atoms with Crippen LogP contribution in [0.15, 0.2) is 24.3 Å². The van der Waals surface area contributed by atoms with E-state index < -0.39 is 0 Å². The van der Waals surface area contributed by atoms with Crippen molar-refractivity contribution in [2.75, 3.05) is 5.73 Å². The zero-order valence-electron chi connectivity index (χ0n) is 6.59. The number of anilines is 1. The number of nitrogen functional groups attached to an aromatic ring is 1. The van der Waals surface area contributed by atoms with Crippen LogP contribution in [0.5, 0.6) is 0 Å². The Hall–Kier alpha value is -0.990. The molecule has 0 unspecified atom stereocenters. The molecule has 13 heavy (non-hydrogen) atoms. The number of nitrogens with zero attached hydrogens (tertiary/aromatic N) is 1. The highest BCUT2D eigenvalue weighted by Crippen LogP contribution is 2.24. The zero-order valence-corrected chi connectivity index (χ0v) is 8.10. The first-order valence-electron chi connectivity index (χ1n) is 3.68. The second-order valence-electron chi connectivity index (χ2n) is 2.71. The van der Waals surface area contributed by atoms with Crippen molar-refractivity contribution in [3.8, 4) is 0 Å². The quantitative estimate of drug-likeness (QED) is 0.682. The van der Waals surface area contributed by atoms with Crippen LogP contribution in [0.25, 0.3) is 10.9 Å². The summed E-state index contributed by atoms with van der Waals surface area (Å²) in [6, 6.07) is 7.14. The average molecular weight is 213 g/mol. The lowest BCUT2D eigenvalue weighted by molar-refractivity contribution is 1.41. The van der Waals surface area contributed by atoms with Gasteiger partial charge in [-0.1, -0.05) is 23.2 Å². The summed E-state index contributed by atoms with van der Waals surface area (Å²) < 4.78 is 0. The predicted octanol–water partition coefficient (Wildman–Crippen LogP) is 3.12. The van der Waals surface area contributed by atoms with E-state index >= 15 is 0 Å². The number of halogens is 2. The molecular formula is C9H6Cl2N2. The molecule has 0 fully saturated rings. The third kappa shape index (κ3) is 1.55. The van der Waals surface area contributed by atoms with Crippen molar-refractivity contribution < 1.29 is 0 Å². The molecule has 1 heterocycles. The Bertz CT molecular complexity index is 468. The first-order chi connectivity index (χ1) is 6.16. The molecule has 66 valence electrons. The van der Waals surface area contributed by atoms with Gasteiger partial charge in [0.2, 0.25) is 0 Å². The molecule has 1 aromatic heterocycles. The Balaban J connectivity index is 2.81. The van der Waals surface area contributed by atoms with Gasteiger partial charge in [0.25, 0.3) is 0 Å². The molecule has 2 aromatic rings. The van der Waals surface area contributed by atoms with Crippen LogP contribution in [0.3, 0.4) is 0 Å². The third-order valence-electron chi connectivity index (χ3n) is 1.76. The van der Waals surface area contributed by atoms with Crippen molar-refractivity contribution >= 4 is 39.8 Å². The largest absolute Gasteiger partial charge is 0.396 e. The average Bonchev–Trinajstić information content (AvgIpc) is 2.08. The number of nitrogens with two attached hydrogens (primary N) is 1. The molecule has 0 amide bonds. The molecule has 0 radical (unpaired) electrons. The predicted molar refractivity (Wildman–Crippen MR) is 56.2 cm³/mol. The summed E-state index contributed by atoms with van der Waals surface area (Å²) in [7, 11) is 0. The van der Waals surface area contributed by atoms with E-state index in [-0.39, 0.29) is 0 Å². The van der Waals surface area contributed by atoms with Crippen molar-refractivity contribution in [2.45, 2.75) is 0 Å². The number of pyridine rings is 1. The van der Waals surface area contributed by atoms with E-state index in [2.05, 4.69) is 4.98 Å². The summed E-state index contributed by atoms with van der Waals surface area (Å²) >= 11 is 11.6. The van der Waals surface area contributed by atoms with Crippen LogP contribution in [0.2, 0.25) is 10.2 Å². The maximum atomic E-state index is 5.81. The van der Waals surface area contributed by atoms with Crippen LogP contribution in [0, 0.1) is 0 Å². The van der Waals surface area contributed by atoms with Gasteiger partial charge >= 0.3 is 0 Å². The van der Waals surface area contributed by atoms with Gasteiger partial charge in [-0.25, -0.2) is 4.98 Å². The molecule has 0 atom stereocenters. The smallest absolute Gasteiger partial charge is 0.152 e. The van der Waals surface area contributed by atoms with Crippen molar-refractivity contribution in [3.05, 3.63) is 34.4 Å². The molecule has 0 aliphatic rings.